The molecule has 2 aromatic carbocycles. The molecule has 0 atom stereocenters. The molecule has 148 valence electrons. The standard InChI is InChI=1S/C21H24N2O5/c1-3-13-28-19-11-7-16(14-20(19)27-4-2)8-12-21(24)22-15-17-5-9-18(10-6-17)23(25)26/h5-12,14H,3-4,13,15H2,1-2H3,(H,22,24). The Bertz CT molecular complexity index is 831. The number of non-ortho nitro benzene ring substituents is 1. The van der Waals surface area contributed by atoms with Crippen LogP contribution in [0.1, 0.15) is 31.4 Å². The van der Waals surface area contributed by atoms with Crippen molar-refractivity contribution in [3.8, 4) is 11.5 Å². The Hall–Kier alpha value is -3.35. The molecule has 0 heterocycles. The van der Waals surface area contributed by atoms with E-state index >= 15 is 0 Å². The maximum absolute atomic E-state index is 12.0. The summed E-state index contributed by atoms with van der Waals surface area (Å²) < 4.78 is 11.3. The molecule has 0 fully saturated rings. The minimum absolute atomic E-state index is 0.0198. The third-order valence-corrected chi connectivity index (χ3v) is 3.77. The molecular weight excluding hydrogens is 360 g/mol. The molecule has 28 heavy (non-hydrogen) atoms. The first-order valence-corrected chi connectivity index (χ1v) is 9.12. The van der Waals surface area contributed by atoms with Gasteiger partial charge in [0, 0.05) is 24.8 Å². The predicted molar refractivity (Wildman–Crippen MR) is 107 cm³/mol. The zero-order valence-corrected chi connectivity index (χ0v) is 16.0. The van der Waals surface area contributed by atoms with Crippen molar-refractivity contribution in [1.29, 1.82) is 0 Å². The lowest BCUT2D eigenvalue weighted by atomic mass is 10.2. The topological polar surface area (TPSA) is 90.7 Å². The van der Waals surface area contributed by atoms with E-state index in [2.05, 4.69) is 5.32 Å². The van der Waals surface area contributed by atoms with Crippen LogP contribution in [-0.2, 0) is 11.3 Å². The SMILES string of the molecule is CCCOc1ccc(C=CC(=O)NCc2ccc([N+](=O)[O-])cc2)cc1OCC. The van der Waals surface area contributed by atoms with Gasteiger partial charge in [-0.25, -0.2) is 0 Å². The molecule has 2 rings (SSSR count). The molecule has 2 aromatic rings. The number of nitro benzene ring substituents is 1. The minimum Gasteiger partial charge on any atom is -0.490 e. The van der Waals surface area contributed by atoms with E-state index < -0.39 is 4.92 Å². The first-order valence-electron chi connectivity index (χ1n) is 9.12. The van der Waals surface area contributed by atoms with Crippen LogP contribution >= 0.6 is 0 Å². The van der Waals surface area contributed by atoms with Crippen LogP contribution < -0.4 is 14.8 Å². The highest BCUT2D eigenvalue weighted by Crippen LogP contribution is 2.29. The van der Waals surface area contributed by atoms with Gasteiger partial charge >= 0.3 is 0 Å². The van der Waals surface area contributed by atoms with E-state index in [1.165, 1.54) is 18.2 Å². The zero-order valence-electron chi connectivity index (χ0n) is 16.0. The average Bonchev–Trinajstić information content (AvgIpc) is 2.70. The third-order valence-electron chi connectivity index (χ3n) is 3.77. The fraction of sp³-hybridized carbons (Fsp3) is 0.286. The normalized spacial score (nSPS) is 10.6. The third kappa shape index (κ3) is 6.42. The number of carbonyl (C=O) groups excluding carboxylic acids is 1. The Balaban J connectivity index is 1.95. The summed E-state index contributed by atoms with van der Waals surface area (Å²) in [6.07, 6.45) is 4.03. The molecule has 0 spiro atoms. The quantitative estimate of drug-likeness (QED) is 0.378. The van der Waals surface area contributed by atoms with Gasteiger partial charge < -0.3 is 14.8 Å². The van der Waals surface area contributed by atoms with Gasteiger partial charge in [0.15, 0.2) is 11.5 Å². The molecule has 7 heteroatoms. The van der Waals surface area contributed by atoms with Gasteiger partial charge in [0.25, 0.3) is 5.69 Å². The van der Waals surface area contributed by atoms with Crippen molar-refractivity contribution in [3.63, 3.8) is 0 Å². The summed E-state index contributed by atoms with van der Waals surface area (Å²) in [6, 6.07) is 11.6. The van der Waals surface area contributed by atoms with Gasteiger partial charge in [0.2, 0.25) is 5.91 Å². The highest BCUT2D eigenvalue weighted by Gasteiger charge is 2.06. The maximum atomic E-state index is 12.0. The number of ether oxygens (including phenoxy) is 2. The van der Waals surface area contributed by atoms with Crippen molar-refractivity contribution in [2.24, 2.45) is 0 Å². The van der Waals surface area contributed by atoms with Gasteiger partial charge in [-0.15, -0.1) is 0 Å². The number of nitrogens with zero attached hydrogens (tertiary/aromatic N) is 1. The van der Waals surface area contributed by atoms with Crippen LogP contribution in [0.15, 0.2) is 48.5 Å². The Morgan fingerprint density at radius 3 is 2.50 bits per heavy atom. The lowest BCUT2D eigenvalue weighted by Gasteiger charge is -2.12. The van der Waals surface area contributed by atoms with Gasteiger partial charge in [-0.05, 0) is 42.7 Å². The van der Waals surface area contributed by atoms with Crippen LogP contribution in [0.3, 0.4) is 0 Å². The Morgan fingerprint density at radius 2 is 1.86 bits per heavy atom. The summed E-state index contributed by atoms with van der Waals surface area (Å²) in [6.45, 7) is 5.35. The molecule has 0 saturated heterocycles. The Morgan fingerprint density at radius 1 is 1.11 bits per heavy atom. The van der Waals surface area contributed by atoms with Crippen LogP contribution in [0.5, 0.6) is 11.5 Å². The molecule has 7 nitrogen and oxygen atoms in total. The van der Waals surface area contributed by atoms with E-state index in [4.69, 9.17) is 9.47 Å². The number of amides is 1. The van der Waals surface area contributed by atoms with E-state index in [-0.39, 0.29) is 18.1 Å². The van der Waals surface area contributed by atoms with Crippen LogP contribution in [0.2, 0.25) is 0 Å². The van der Waals surface area contributed by atoms with Crippen LogP contribution in [0.25, 0.3) is 6.08 Å². The van der Waals surface area contributed by atoms with Crippen molar-refractivity contribution in [2.45, 2.75) is 26.8 Å². The van der Waals surface area contributed by atoms with Gasteiger partial charge in [-0.3, -0.25) is 14.9 Å². The lowest BCUT2D eigenvalue weighted by molar-refractivity contribution is -0.384. The molecule has 0 aromatic heterocycles. The Labute approximate surface area is 164 Å². The summed E-state index contributed by atoms with van der Waals surface area (Å²) in [5.74, 6) is 1.07. The van der Waals surface area contributed by atoms with E-state index in [1.54, 1.807) is 18.2 Å². The smallest absolute Gasteiger partial charge is 0.269 e. The van der Waals surface area contributed by atoms with Crippen LogP contribution in [0.4, 0.5) is 5.69 Å². The largest absolute Gasteiger partial charge is 0.490 e. The van der Waals surface area contributed by atoms with Crippen molar-refractivity contribution < 1.29 is 19.2 Å². The minimum atomic E-state index is -0.458. The van der Waals surface area contributed by atoms with Gasteiger partial charge in [-0.2, -0.15) is 0 Å². The summed E-state index contributed by atoms with van der Waals surface area (Å²) in [4.78, 5) is 22.2. The fourth-order valence-electron chi connectivity index (χ4n) is 2.38. The summed E-state index contributed by atoms with van der Waals surface area (Å²) in [5, 5.41) is 13.4. The van der Waals surface area contributed by atoms with Crippen molar-refractivity contribution in [2.75, 3.05) is 13.2 Å². The zero-order chi connectivity index (χ0) is 20.4. The maximum Gasteiger partial charge on any atom is 0.269 e. The molecule has 0 bridgehead atoms. The summed E-state index contributed by atoms with van der Waals surface area (Å²) >= 11 is 0. The van der Waals surface area contributed by atoms with E-state index in [9.17, 15) is 14.9 Å². The fourth-order valence-corrected chi connectivity index (χ4v) is 2.38. The van der Waals surface area contributed by atoms with Crippen LogP contribution in [0, 0.1) is 10.1 Å². The second-order valence-electron chi connectivity index (χ2n) is 5.96. The van der Waals surface area contributed by atoms with E-state index in [0.717, 1.165) is 17.5 Å². The molecule has 0 radical (unpaired) electrons. The number of nitro groups is 1. The number of benzene rings is 2. The molecule has 1 N–H and O–H groups in total. The second kappa shape index (κ2) is 10.7. The number of hydrogen-bond acceptors (Lipinski definition) is 5. The second-order valence-corrected chi connectivity index (χ2v) is 5.96. The Kier molecular flexibility index (Phi) is 8.02. The summed E-state index contributed by atoms with van der Waals surface area (Å²) in [5.41, 5.74) is 1.62. The van der Waals surface area contributed by atoms with Crippen molar-refractivity contribution in [3.05, 3.63) is 69.8 Å². The molecule has 0 saturated carbocycles. The summed E-state index contributed by atoms with van der Waals surface area (Å²) in [7, 11) is 0. The van der Waals surface area contributed by atoms with Gasteiger partial charge in [0.05, 0.1) is 18.1 Å². The molecule has 0 aliphatic carbocycles. The number of nitrogens with one attached hydrogen (secondary N) is 1. The van der Waals surface area contributed by atoms with Crippen molar-refractivity contribution >= 4 is 17.7 Å². The lowest BCUT2D eigenvalue weighted by Crippen LogP contribution is -2.20. The molecule has 1 amide bonds. The molecular formula is C21H24N2O5. The number of carbonyl (C=O) groups is 1. The number of rotatable bonds is 10. The van der Waals surface area contributed by atoms with Gasteiger partial charge in [0.1, 0.15) is 0 Å². The first-order chi connectivity index (χ1) is 13.5. The highest BCUT2D eigenvalue weighted by molar-refractivity contribution is 5.91. The van der Waals surface area contributed by atoms with E-state index in [1.807, 2.05) is 32.0 Å². The van der Waals surface area contributed by atoms with Crippen LogP contribution in [-0.4, -0.2) is 24.0 Å². The highest BCUT2D eigenvalue weighted by atomic mass is 16.6. The monoisotopic (exact) mass is 384 g/mol. The van der Waals surface area contributed by atoms with Crippen molar-refractivity contribution in [1.82, 2.24) is 5.32 Å². The number of hydrogen-bond donors (Lipinski definition) is 1. The molecule has 0 aliphatic rings. The molecule has 0 unspecified atom stereocenters. The van der Waals surface area contributed by atoms with Gasteiger partial charge in [-0.1, -0.05) is 25.1 Å². The van der Waals surface area contributed by atoms with E-state index in [0.29, 0.717) is 24.7 Å². The first kappa shape index (κ1) is 21.0. The predicted octanol–water partition coefficient (Wildman–Crippen LogP) is 4.11. The average molecular weight is 384 g/mol. The molecule has 0 aliphatic heterocycles.